The third-order valence-corrected chi connectivity index (χ3v) is 5.22. The maximum absolute atomic E-state index is 13.7. The smallest absolute Gasteiger partial charge is 0.123 e. The number of ether oxygens (including phenoxy) is 1. The molecule has 0 radical (unpaired) electrons. The first-order chi connectivity index (χ1) is 10.1. The zero-order valence-corrected chi connectivity index (χ0v) is 14.1. The van der Waals surface area contributed by atoms with Crippen molar-refractivity contribution in [1.29, 1.82) is 0 Å². The highest BCUT2D eigenvalue weighted by Crippen LogP contribution is 2.51. The highest BCUT2D eigenvalue weighted by molar-refractivity contribution is 14.1. The predicted octanol–water partition coefficient (Wildman–Crippen LogP) is 5.26. The molecule has 21 heavy (non-hydrogen) atoms. The van der Waals surface area contributed by atoms with E-state index in [1.165, 1.54) is 20.8 Å². The van der Waals surface area contributed by atoms with E-state index in [2.05, 4.69) is 34.7 Å². The van der Waals surface area contributed by atoms with Gasteiger partial charge in [0.2, 0.25) is 0 Å². The molecule has 0 heterocycles. The summed E-state index contributed by atoms with van der Waals surface area (Å²) in [6.45, 7) is 2.04. The van der Waals surface area contributed by atoms with Crippen molar-refractivity contribution < 1.29 is 9.13 Å². The molecule has 0 amide bonds. The van der Waals surface area contributed by atoms with Crippen molar-refractivity contribution in [3.63, 3.8) is 0 Å². The summed E-state index contributed by atoms with van der Waals surface area (Å²) in [6.07, 6.45) is -0.00646. The van der Waals surface area contributed by atoms with Gasteiger partial charge in [-0.15, -0.1) is 0 Å². The van der Waals surface area contributed by atoms with Crippen LogP contribution in [0.5, 0.6) is 0 Å². The molecule has 2 aromatic carbocycles. The number of hydrogen-bond acceptors (Lipinski definition) is 1. The van der Waals surface area contributed by atoms with Crippen LogP contribution in [0.3, 0.4) is 0 Å². The molecule has 0 saturated carbocycles. The molecule has 0 N–H and O–H groups in total. The van der Waals surface area contributed by atoms with Crippen molar-refractivity contribution in [2.45, 2.75) is 18.9 Å². The molecule has 1 nitrogen and oxygen atoms in total. The van der Waals surface area contributed by atoms with Crippen molar-refractivity contribution in [3.05, 3.63) is 71.0 Å². The Morgan fingerprint density at radius 1 is 1.14 bits per heavy atom. The maximum atomic E-state index is 13.7. The average Bonchev–Trinajstić information content (AvgIpc) is 2.79. The molecule has 108 valence electrons. The fourth-order valence-electron chi connectivity index (χ4n) is 2.98. The Kier molecular flexibility index (Phi) is 4.13. The van der Waals surface area contributed by atoms with E-state index in [9.17, 15) is 4.39 Å². The van der Waals surface area contributed by atoms with E-state index in [1.54, 1.807) is 13.2 Å². The van der Waals surface area contributed by atoms with Crippen LogP contribution in [0.2, 0.25) is 0 Å². The lowest BCUT2D eigenvalue weighted by Gasteiger charge is -2.23. The van der Waals surface area contributed by atoms with Gasteiger partial charge in [0.15, 0.2) is 0 Å². The van der Waals surface area contributed by atoms with E-state index in [-0.39, 0.29) is 17.8 Å². The maximum Gasteiger partial charge on any atom is 0.123 e. The average molecular weight is 394 g/mol. The number of hydrogen-bond donors (Lipinski definition) is 0. The summed E-state index contributed by atoms with van der Waals surface area (Å²) in [7, 11) is 1.71. The zero-order valence-electron chi connectivity index (χ0n) is 11.9. The number of rotatable bonds is 3. The van der Waals surface area contributed by atoms with E-state index in [1.807, 2.05) is 31.2 Å². The minimum Gasteiger partial charge on any atom is -0.381 e. The summed E-state index contributed by atoms with van der Waals surface area (Å²) in [4.78, 5) is 0. The number of methoxy groups -OCH3 is 1. The van der Waals surface area contributed by atoms with Gasteiger partial charge in [-0.1, -0.05) is 36.4 Å². The van der Waals surface area contributed by atoms with Gasteiger partial charge >= 0.3 is 0 Å². The van der Waals surface area contributed by atoms with Crippen molar-refractivity contribution in [1.82, 2.24) is 0 Å². The monoisotopic (exact) mass is 394 g/mol. The van der Waals surface area contributed by atoms with Crippen LogP contribution in [0.15, 0.2) is 48.5 Å². The van der Waals surface area contributed by atoms with Crippen LogP contribution >= 0.6 is 22.6 Å². The molecule has 3 heteroatoms. The highest BCUT2D eigenvalue weighted by Gasteiger charge is 2.35. The highest BCUT2D eigenvalue weighted by atomic mass is 127. The van der Waals surface area contributed by atoms with Crippen molar-refractivity contribution in [3.8, 4) is 0 Å². The van der Waals surface area contributed by atoms with Crippen molar-refractivity contribution in [2.24, 2.45) is 0 Å². The number of fused-ring (bicyclic) bond motifs is 1. The van der Waals surface area contributed by atoms with Gasteiger partial charge in [0, 0.05) is 16.6 Å². The van der Waals surface area contributed by atoms with Crippen LogP contribution in [0.4, 0.5) is 4.39 Å². The molecule has 0 aliphatic heterocycles. The summed E-state index contributed by atoms with van der Waals surface area (Å²) in [5.74, 6) is -0.129. The Morgan fingerprint density at radius 2 is 1.86 bits per heavy atom. The van der Waals surface area contributed by atoms with Crippen LogP contribution in [-0.2, 0) is 4.74 Å². The molecule has 2 unspecified atom stereocenters. The molecular formula is C18H16FIO. The van der Waals surface area contributed by atoms with Gasteiger partial charge < -0.3 is 4.74 Å². The third kappa shape index (κ3) is 2.53. The molecule has 2 aromatic rings. The molecule has 0 fully saturated rings. The molecule has 3 rings (SSSR count). The van der Waals surface area contributed by atoms with E-state index in [0.29, 0.717) is 0 Å². The molecule has 0 aromatic heterocycles. The second kappa shape index (κ2) is 5.89. The third-order valence-electron chi connectivity index (χ3n) is 4.06. The van der Waals surface area contributed by atoms with Gasteiger partial charge in [-0.05, 0) is 63.9 Å². The molecule has 1 aliphatic carbocycles. The van der Waals surface area contributed by atoms with E-state index >= 15 is 0 Å². The Labute approximate surface area is 138 Å². The minimum absolute atomic E-state index is 0.00646. The first-order valence-corrected chi connectivity index (χ1v) is 7.99. The summed E-state index contributed by atoms with van der Waals surface area (Å²) in [5, 5.41) is 0. The SMILES string of the molecule is COC(C)C1C(c2ccccc2)=C(I)c2ccc(F)cc21. The van der Waals surface area contributed by atoms with Crippen LogP contribution in [-0.4, -0.2) is 13.2 Å². The van der Waals surface area contributed by atoms with Crippen LogP contribution in [0, 0.1) is 5.82 Å². The Morgan fingerprint density at radius 3 is 2.52 bits per heavy atom. The number of benzene rings is 2. The summed E-state index contributed by atoms with van der Waals surface area (Å²) in [5.41, 5.74) is 4.54. The molecule has 0 saturated heterocycles. The van der Waals surface area contributed by atoms with Gasteiger partial charge in [0.05, 0.1) is 6.10 Å². The van der Waals surface area contributed by atoms with Crippen LogP contribution < -0.4 is 0 Å². The quantitative estimate of drug-likeness (QED) is 0.646. The first-order valence-electron chi connectivity index (χ1n) is 6.91. The molecular weight excluding hydrogens is 378 g/mol. The van der Waals surface area contributed by atoms with E-state index in [0.717, 1.165) is 11.1 Å². The lowest BCUT2D eigenvalue weighted by Crippen LogP contribution is -2.17. The Bertz CT molecular complexity index is 694. The lowest BCUT2D eigenvalue weighted by atomic mass is 9.87. The fraction of sp³-hybridized carbons (Fsp3) is 0.222. The van der Waals surface area contributed by atoms with E-state index < -0.39 is 0 Å². The largest absolute Gasteiger partial charge is 0.381 e. The fourth-order valence-corrected chi connectivity index (χ4v) is 4.11. The van der Waals surface area contributed by atoms with Gasteiger partial charge in [-0.2, -0.15) is 0 Å². The van der Waals surface area contributed by atoms with Crippen molar-refractivity contribution in [2.75, 3.05) is 7.11 Å². The summed E-state index contributed by atoms with van der Waals surface area (Å²) >= 11 is 2.37. The second-order valence-electron chi connectivity index (χ2n) is 5.24. The van der Waals surface area contributed by atoms with Gasteiger partial charge in [0.25, 0.3) is 0 Å². The van der Waals surface area contributed by atoms with Crippen LogP contribution in [0.1, 0.15) is 29.5 Å². The minimum atomic E-state index is -0.194. The zero-order chi connectivity index (χ0) is 15.0. The first kappa shape index (κ1) is 14.7. The normalized spacial score (nSPS) is 18.8. The van der Waals surface area contributed by atoms with Crippen LogP contribution in [0.25, 0.3) is 9.15 Å². The molecule has 2 atom stereocenters. The standard InChI is InChI=1S/C18H16FIO/c1-11(21-2)16-15-10-13(19)8-9-14(15)18(20)17(16)12-6-4-3-5-7-12/h3-11,16H,1-2H3. The summed E-state index contributed by atoms with van der Waals surface area (Å²) < 4.78 is 20.5. The predicted molar refractivity (Wildman–Crippen MR) is 92.9 cm³/mol. The molecule has 0 bridgehead atoms. The lowest BCUT2D eigenvalue weighted by molar-refractivity contribution is 0.109. The van der Waals surface area contributed by atoms with Gasteiger partial charge in [0.1, 0.15) is 5.82 Å². The topological polar surface area (TPSA) is 9.23 Å². The second-order valence-corrected chi connectivity index (χ2v) is 6.32. The Hall–Kier alpha value is -1.20. The number of halogens is 2. The summed E-state index contributed by atoms with van der Waals surface area (Å²) in [6, 6.07) is 15.3. The van der Waals surface area contributed by atoms with E-state index in [4.69, 9.17) is 4.74 Å². The Balaban J connectivity index is 2.20. The van der Waals surface area contributed by atoms with Crippen molar-refractivity contribution >= 4 is 31.7 Å². The van der Waals surface area contributed by atoms with Gasteiger partial charge in [-0.25, -0.2) is 4.39 Å². The van der Waals surface area contributed by atoms with Gasteiger partial charge in [-0.3, -0.25) is 0 Å². The molecule has 0 spiro atoms. The molecule has 1 aliphatic rings.